The lowest BCUT2D eigenvalue weighted by Crippen LogP contribution is -2.19. The summed E-state index contributed by atoms with van der Waals surface area (Å²) in [7, 11) is 0. The number of benzene rings is 2. The average Bonchev–Trinajstić information content (AvgIpc) is 3.43. The van der Waals surface area contributed by atoms with Crippen LogP contribution in [-0.2, 0) is 4.79 Å². The molecule has 1 amide bonds. The number of halogens is 1. The van der Waals surface area contributed by atoms with E-state index in [4.69, 9.17) is 4.42 Å². The van der Waals surface area contributed by atoms with Crippen molar-refractivity contribution in [2.24, 2.45) is 4.99 Å². The van der Waals surface area contributed by atoms with Crippen LogP contribution < -0.4 is 5.32 Å². The van der Waals surface area contributed by atoms with Gasteiger partial charge in [-0.1, -0.05) is 6.07 Å². The maximum atomic E-state index is 13.0. The number of thioether (sulfide) groups is 1. The van der Waals surface area contributed by atoms with Crippen LogP contribution in [0.4, 0.5) is 10.1 Å². The predicted molar refractivity (Wildman–Crippen MR) is 121 cm³/mol. The van der Waals surface area contributed by atoms with Crippen molar-refractivity contribution in [3.8, 4) is 0 Å². The number of H-pyrrole nitrogens is 1. The van der Waals surface area contributed by atoms with E-state index in [-0.39, 0.29) is 11.7 Å². The molecule has 4 aromatic rings. The number of imidazole rings is 1. The predicted octanol–water partition coefficient (Wildman–Crippen LogP) is 5.65. The van der Waals surface area contributed by atoms with Crippen LogP contribution in [0.2, 0.25) is 0 Å². The second-order valence-corrected chi connectivity index (χ2v) is 8.80. The number of fused-ring (bicyclic) bond motifs is 1. The molecule has 0 radical (unpaired) electrons. The largest absolute Gasteiger partial charge is 0.450 e. The summed E-state index contributed by atoms with van der Waals surface area (Å²) in [4.78, 5) is 24.9. The summed E-state index contributed by atoms with van der Waals surface area (Å²) < 4.78 is 18.9. The molecule has 0 spiro atoms. The Kier molecular flexibility index (Phi) is 5.13. The lowest BCUT2D eigenvalue weighted by Gasteiger charge is -1.95. The smallest absolute Gasteiger partial charge is 0.264 e. The van der Waals surface area contributed by atoms with Gasteiger partial charge in [-0.3, -0.25) is 4.79 Å². The molecular weight excluding hydrogens is 435 g/mol. The Morgan fingerprint density at radius 1 is 1.16 bits per heavy atom. The molecule has 1 fully saturated rings. The summed E-state index contributed by atoms with van der Waals surface area (Å²) in [6.45, 7) is 2.03. The number of carbonyl (C=O) groups excluding carboxylic acids is 1. The molecule has 3 heterocycles. The second kappa shape index (κ2) is 8.09. The van der Waals surface area contributed by atoms with E-state index in [1.165, 1.54) is 35.7 Å². The minimum Gasteiger partial charge on any atom is -0.450 e. The Bertz CT molecular complexity index is 1360. The van der Waals surface area contributed by atoms with Crippen LogP contribution >= 0.6 is 23.5 Å². The van der Waals surface area contributed by atoms with Gasteiger partial charge in [-0.05, 0) is 84.5 Å². The standard InChI is InChI=1S/C22H15FN4O2S2/c1-12-2-8-16-17(10-12)26-22(25-16)31-19-9-7-15(29-19)11-18-20(28)27-21(30-18)24-14-5-3-13(23)4-6-14/h2-11H,1H3,(H,25,26)(H,24,27,28)/b18-11+. The maximum Gasteiger partial charge on any atom is 0.264 e. The van der Waals surface area contributed by atoms with Crippen molar-refractivity contribution in [1.82, 2.24) is 15.3 Å². The number of nitrogens with one attached hydrogen (secondary N) is 2. The number of hydrogen-bond donors (Lipinski definition) is 2. The number of aromatic amines is 1. The number of furan rings is 1. The number of carbonyl (C=O) groups is 1. The molecule has 0 bridgehead atoms. The minimum absolute atomic E-state index is 0.260. The van der Waals surface area contributed by atoms with Crippen LogP contribution in [0.5, 0.6) is 0 Å². The second-order valence-electron chi connectivity index (χ2n) is 6.78. The van der Waals surface area contributed by atoms with Crippen molar-refractivity contribution in [2.45, 2.75) is 17.2 Å². The van der Waals surface area contributed by atoms with Crippen molar-refractivity contribution in [1.29, 1.82) is 0 Å². The molecule has 1 aliphatic heterocycles. The molecule has 0 unspecified atom stereocenters. The van der Waals surface area contributed by atoms with Gasteiger partial charge >= 0.3 is 0 Å². The van der Waals surface area contributed by atoms with E-state index < -0.39 is 0 Å². The molecule has 1 aliphatic rings. The van der Waals surface area contributed by atoms with Crippen LogP contribution in [-0.4, -0.2) is 21.0 Å². The number of hydrogen-bond acceptors (Lipinski definition) is 6. The molecular formula is C22H15FN4O2S2. The number of amidine groups is 1. The number of aryl methyl sites for hydroxylation is 1. The SMILES string of the molecule is Cc1ccc2nc(Sc3ccc(/C=C4/SC(=Nc5ccc(F)cc5)NC4=O)o3)[nH]c2c1. The van der Waals surface area contributed by atoms with Crippen LogP contribution in [0.1, 0.15) is 11.3 Å². The summed E-state index contributed by atoms with van der Waals surface area (Å²) in [5.41, 5.74) is 3.59. The third kappa shape index (κ3) is 4.42. The highest BCUT2D eigenvalue weighted by atomic mass is 32.2. The quantitative estimate of drug-likeness (QED) is 0.393. The Labute approximate surface area is 185 Å². The normalized spacial score (nSPS) is 16.5. The minimum atomic E-state index is -0.336. The molecule has 9 heteroatoms. The molecule has 6 nitrogen and oxygen atoms in total. The number of rotatable bonds is 4. The third-order valence-corrected chi connectivity index (χ3v) is 6.11. The van der Waals surface area contributed by atoms with Crippen LogP contribution in [0, 0.1) is 12.7 Å². The summed E-state index contributed by atoms with van der Waals surface area (Å²) in [6, 6.07) is 15.4. The first-order chi connectivity index (χ1) is 15.0. The van der Waals surface area contributed by atoms with Crippen LogP contribution in [0.25, 0.3) is 17.1 Å². The van der Waals surface area contributed by atoms with Gasteiger partial charge in [-0.15, -0.1) is 0 Å². The maximum absolute atomic E-state index is 13.0. The van der Waals surface area contributed by atoms with Gasteiger partial charge in [0.05, 0.1) is 21.6 Å². The third-order valence-electron chi connectivity index (χ3n) is 4.40. The average molecular weight is 451 g/mol. The summed E-state index contributed by atoms with van der Waals surface area (Å²) in [6.07, 6.45) is 1.67. The number of aromatic nitrogens is 2. The number of aliphatic imine (C=N–C) groups is 1. The zero-order valence-electron chi connectivity index (χ0n) is 16.2. The van der Waals surface area contributed by atoms with E-state index in [0.717, 1.165) is 21.8 Å². The van der Waals surface area contributed by atoms with Crippen molar-refractivity contribution < 1.29 is 13.6 Å². The molecule has 154 valence electrons. The topological polar surface area (TPSA) is 83.3 Å². The van der Waals surface area contributed by atoms with Gasteiger partial charge in [-0.2, -0.15) is 0 Å². The van der Waals surface area contributed by atoms with Gasteiger partial charge < -0.3 is 14.7 Å². The van der Waals surface area contributed by atoms with Crippen molar-refractivity contribution in [3.63, 3.8) is 0 Å². The lowest BCUT2D eigenvalue weighted by molar-refractivity contribution is -0.115. The van der Waals surface area contributed by atoms with Gasteiger partial charge in [0, 0.05) is 6.08 Å². The first kappa shape index (κ1) is 19.7. The van der Waals surface area contributed by atoms with Crippen molar-refractivity contribution in [3.05, 3.63) is 76.6 Å². The molecule has 0 atom stereocenters. The summed E-state index contributed by atoms with van der Waals surface area (Å²) in [5.74, 6) is -0.0452. The van der Waals surface area contributed by atoms with Gasteiger partial charge in [0.25, 0.3) is 5.91 Å². The van der Waals surface area contributed by atoms with E-state index in [1.54, 1.807) is 24.3 Å². The molecule has 2 aromatic heterocycles. The van der Waals surface area contributed by atoms with E-state index in [1.807, 2.05) is 31.2 Å². The van der Waals surface area contributed by atoms with Gasteiger partial charge in [0.2, 0.25) is 0 Å². The fraction of sp³-hybridized carbons (Fsp3) is 0.0455. The first-order valence-electron chi connectivity index (χ1n) is 9.31. The summed E-state index contributed by atoms with van der Waals surface area (Å²) in [5, 5.41) is 4.53. The summed E-state index contributed by atoms with van der Waals surface area (Å²) >= 11 is 2.58. The molecule has 0 aliphatic carbocycles. The molecule has 1 saturated heterocycles. The van der Waals surface area contributed by atoms with E-state index in [2.05, 4.69) is 20.3 Å². The van der Waals surface area contributed by atoms with E-state index in [9.17, 15) is 9.18 Å². The highest BCUT2D eigenvalue weighted by Gasteiger charge is 2.24. The molecule has 5 rings (SSSR count). The Balaban J connectivity index is 1.31. The molecule has 2 aromatic carbocycles. The van der Waals surface area contributed by atoms with E-state index >= 15 is 0 Å². The highest BCUT2D eigenvalue weighted by Crippen LogP contribution is 2.32. The number of amides is 1. The first-order valence-corrected chi connectivity index (χ1v) is 10.9. The fourth-order valence-corrected chi connectivity index (χ4v) is 4.54. The fourth-order valence-electron chi connectivity index (χ4n) is 2.95. The van der Waals surface area contributed by atoms with E-state index in [0.29, 0.717) is 26.6 Å². The monoisotopic (exact) mass is 450 g/mol. The van der Waals surface area contributed by atoms with Gasteiger partial charge in [-0.25, -0.2) is 14.4 Å². The van der Waals surface area contributed by atoms with Crippen molar-refractivity contribution in [2.75, 3.05) is 0 Å². The zero-order valence-corrected chi connectivity index (χ0v) is 17.8. The Morgan fingerprint density at radius 2 is 2.00 bits per heavy atom. The van der Waals surface area contributed by atoms with Gasteiger partial charge in [0.15, 0.2) is 15.4 Å². The molecule has 0 saturated carbocycles. The molecule has 2 N–H and O–H groups in total. The van der Waals surface area contributed by atoms with Crippen LogP contribution in [0.3, 0.4) is 0 Å². The van der Waals surface area contributed by atoms with Crippen molar-refractivity contribution >= 4 is 57.4 Å². The van der Waals surface area contributed by atoms with Gasteiger partial charge in [0.1, 0.15) is 11.6 Å². The van der Waals surface area contributed by atoms with Crippen LogP contribution in [0.15, 0.2) is 79.2 Å². The Hall–Kier alpha value is -3.30. The zero-order chi connectivity index (χ0) is 21.4. The highest BCUT2D eigenvalue weighted by molar-refractivity contribution is 8.18. The lowest BCUT2D eigenvalue weighted by atomic mass is 10.2. The Morgan fingerprint density at radius 3 is 2.84 bits per heavy atom. The number of nitrogens with zero attached hydrogens (tertiary/aromatic N) is 2. The molecule has 31 heavy (non-hydrogen) atoms.